The van der Waals surface area contributed by atoms with Crippen molar-refractivity contribution in [2.75, 3.05) is 5.32 Å². The zero-order chi connectivity index (χ0) is 18.8. The van der Waals surface area contributed by atoms with Crippen molar-refractivity contribution in [2.24, 2.45) is 5.92 Å². The number of aromatic amines is 1. The smallest absolute Gasteiger partial charge is 0.269 e. The minimum absolute atomic E-state index is 0.0210. The molecule has 8 heteroatoms. The SMILES string of the molecule is O=C(Nc1ccc2[nH]c(-c3ccc([N+](=O)[O-])cc3)nc2n1)C1CCCCC1. The van der Waals surface area contributed by atoms with E-state index in [9.17, 15) is 14.9 Å². The largest absolute Gasteiger partial charge is 0.337 e. The monoisotopic (exact) mass is 365 g/mol. The van der Waals surface area contributed by atoms with Gasteiger partial charge in [-0.1, -0.05) is 19.3 Å². The molecular weight excluding hydrogens is 346 g/mol. The van der Waals surface area contributed by atoms with Gasteiger partial charge in [0.25, 0.3) is 5.69 Å². The second kappa shape index (κ2) is 7.14. The number of nitrogens with zero attached hydrogens (tertiary/aromatic N) is 3. The van der Waals surface area contributed by atoms with Crippen LogP contribution in [0.5, 0.6) is 0 Å². The summed E-state index contributed by atoms with van der Waals surface area (Å²) in [5.74, 6) is 1.14. The third kappa shape index (κ3) is 3.64. The van der Waals surface area contributed by atoms with E-state index in [2.05, 4.69) is 20.3 Å². The number of anilines is 1. The van der Waals surface area contributed by atoms with Crippen LogP contribution in [0, 0.1) is 16.0 Å². The molecule has 0 unspecified atom stereocenters. The highest BCUT2D eigenvalue weighted by Crippen LogP contribution is 2.26. The number of carbonyl (C=O) groups excluding carboxylic acids is 1. The van der Waals surface area contributed by atoms with Crippen LogP contribution >= 0.6 is 0 Å². The second-order valence-corrected chi connectivity index (χ2v) is 6.78. The summed E-state index contributed by atoms with van der Waals surface area (Å²) in [6.07, 6.45) is 5.26. The van der Waals surface area contributed by atoms with E-state index < -0.39 is 4.92 Å². The molecule has 1 aliphatic rings. The van der Waals surface area contributed by atoms with E-state index in [0.29, 0.717) is 17.3 Å². The summed E-state index contributed by atoms with van der Waals surface area (Å²) in [5, 5.41) is 13.7. The Hall–Kier alpha value is -3.29. The van der Waals surface area contributed by atoms with Gasteiger partial charge in [-0.2, -0.15) is 0 Å². The summed E-state index contributed by atoms with van der Waals surface area (Å²) in [7, 11) is 0. The van der Waals surface area contributed by atoms with Crippen LogP contribution in [0.15, 0.2) is 36.4 Å². The number of hydrogen-bond acceptors (Lipinski definition) is 5. The van der Waals surface area contributed by atoms with Gasteiger partial charge < -0.3 is 10.3 Å². The van der Waals surface area contributed by atoms with Crippen molar-refractivity contribution in [3.63, 3.8) is 0 Å². The van der Waals surface area contributed by atoms with Crippen LogP contribution in [0.3, 0.4) is 0 Å². The average molecular weight is 365 g/mol. The summed E-state index contributed by atoms with van der Waals surface area (Å²) in [6.45, 7) is 0. The maximum absolute atomic E-state index is 12.4. The fraction of sp³-hybridized carbons (Fsp3) is 0.316. The van der Waals surface area contributed by atoms with Gasteiger partial charge in [-0.05, 0) is 37.1 Å². The highest BCUT2D eigenvalue weighted by Gasteiger charge is 2.21. The lowest BCUT2D eigenvalue weighted by molar-refractivity contribution is -0.384. The molecule has 27 heavy (non-hydrogen) atoms. The van der Waals surface area contributed by atoms with Crippen LogP contribution in [-0.4, -0.2) is 25.8 Å². The first-order chi connectivity index (χ1) is 13.1. The molecule has 2 N–H and O–H groups in total. The Morgan fingerprint density at radius 2 is 1.81 bits per heavy atom. The molecule has 2 aromatic heterocycles. The number of fused-ring (bicyclic) bond motifs is 1. The van der Waals surface area contributed by atoms with Gasteiger partial charge in [-0.3, -0.25) is 14.9 Å². The van der Waals surface area contributed by atoms with Crippen molar-refractivity contribution < 1.29 is 9.72 Å². The minimum atomic E-state index is -0.439. The first-order valence-corrected chi connectivity index (χ1v) is 9.02. The van der Waals surface area contributed by atoms with Crippen molar-refractivity contribution in [3.8, 4) is 11.4 Å². The Bertz CT molecular complexity index is 990. The average Bonchev–Trinajstić information content (AvgIpc) is 3.12. The number of nitro groups is 1. The van der Waals surface area contributed by atoms with Gasteiger partial charge in [0, 0.05) is 23.6 Å². The van der Waals surface area contributed by atoms with Gasteiger partial charge in [0.15, 0.2) is 5.65 Å². The number of benzene rings is 1. The van der Waals surface area contributed by atoms with Crippen LogP contribution in [-0.2, 0) is 4.79 Å². The molecule has 1 aromatic carbocycles. The number of aromatic nitrogens is 3. The van der Waals surface area contributed by atoms with E-state index in [-0.39, 0.29) is 17.5 Å². The first kappa shape index (κ1) is 17.1. The number of rotatable bonds is 4. The van der Waals surface area contributed by atoms with Crippen molar-refractivity contribution in [1.29, 1.82) is 0 Å². The number of nitro benzene ring substituents is 1. The van der Waals surface area contributed by atoms with Crippen LogP contribution in [0.4, 0.5) is 11.5 Å². The van der Waals surface area contributed by atoms with E-state index in [1.54, 1.807) is 18.2 Å². The van der Waals surface area contributed by atoms with Crippen molar-refractivity contribution in [2.45, 2.75) is 32.1 Å². The predicted octanol–water partition coefficient (Wildman–Crippen LogP) is 4.05. The molecular formula is C19H19N5O3. The molecule has 0 saturated heterocycles. The summed E-state index contributed by atoms with van der Waals surface area (Å²) < 4.78 is 0. The summed E-state index contributed by atoms with van der Waals surface area (Å²) in [6, 6.07) is 9.72. The summed E-state index contributed by atoms with van der Waals surface area (Å²) in [4.78, 5) is 34.7. The molecule has 3 aromatic rings. The maximum Gasteiger partial charge on any atom is 0.269 e. The summed E-state index contributed by atoms with van der Waals surface area (Å²) >= 11 is 0. The molecule has 1 saturated carbocycles. The molecule has 0 bridgehead atoms. The Kier molecular flexibility index (Phi) is 4.53. The van der Waals surface area contributed by atoms with E-state index >= 15 is 0 Å². The zero-order valence-corrected chi connectivity index (χ0v) is 14.6. The third-order valence-electron chi connectivity index (χ3n) is 4.92. The number of non-ortho nitro benzene ring substituents is 1. The molecule has 0 spiro atoms. The van der Waals surface area contributed by atoms with Gasteiger partial charge in [0.2, 0.25) is 5.91 Å². The van der Waals surface area contributed by atoms with Crippen LogP contribution < -0.4 is 5.32 Å². The molecule has 0 radical (unpaired) electrons. The molecule has 0 aliphatic heterocycles. The second-order valence-electron chi connectivity index (χ2n) is 6.78. The number of imidazole rings is 1. The van der Waals surface area contributed by atoms with E-state index in [4.69, 9.17) is 0 Å². The molecule has 0 atom stereocenters. The van der Waals surface area contributed by atoms with Crippen LogP contribution in [0.2, 0.25) is 0 Å². The van der Waals surface area contributed by atoms with Gasteiger partial charge >= 0.3 is 0 Å². The van der Waals surface area contributed by atoms with E-state index in [1.165, 1.54) is 18.6 Å². The van der Waals surface area contributed by atoms with E-state index in [1.807, 2.05) is 6.07 Å². The molecule has 1 amide bonds. The Morgan fingerprint density at radius 1 is 1.07 bits per heavy atom. The van der Waals surface area contributed by atoms with Gasteiger partial charge in [0.1, 0.15) is 11.6 Å². The normalized spacial score (nSPS) is 15.0. The number of nitrogens with one attached hydrogen (secondary N) is 2. The molecule has 1 aliphatic carbocycles. The topological polar surface area (TPSA) is 114 Å². The number of hydrogen-bond donors (Lipinski definition) is 2. The standard InChI is InChI=1S/C19H19N5O3/c25-19(13-4-2-1-3-5-13)22-16-11-10-15-18(21-16)23-17(20-15)12-6-8-14(9-7-12)24(26)27/h6-11,13H,1-5H2,(H2,20,21,22,23,25). The van der Waals surface area contributed by atoms with E-state index in [0.717, 1.165) is 36.8 Å². The fourth-order valence-electron chi connectivity index (χ4n) is 3.43. The lowest BCUT2D eigenvalue weighted by Crippen LogP contribution is -2.25. The molecule has 8 nitrogen and oxygen atoms in total. The van der Waals surface area contributed by atoms with Crippen molar-refractivity contribution in [1.82, 2.24) is 15.0 Å². The molecule has 1 fully saturated rings. The summed E-state index contributed by atoms with van der Waals surface area (Å²) in [5.41, 5.74) is 1.98. The predicted molar refractivity (Wildman–Crippen MR) is 101 cm³/mol. The van der Waals surface area contributed by atoms with Crippen molar-refractivity contribution in [3.05, 3.63) is 46.5 Å². The first-order valence-electron chi connectivity index (χ1n) is 9.02. The number of pyridine rings is 1. The quantitative estimate of drug-likeness (QED) is 0.535. The molecule has 2 heterocycles. The number of carbonyl (C=O) groups is 1. The Morgan fingerprint density at radius 3 is 2.52 bits per heavy atom. The van der Waals surface area contributed by atoms with Gasteiger partial charge in [-0.15, -0.1) is 0 Å². The van der Waals surface area contributed by atoms with Crippen LogP contribution in [0.1, 0.15) is 32.1 Å². The third-order valence-corrected chi connectivity index (χ3v) is 4.92. The van der Waals surface area contributed by atoms with Crippen molar-refractivity contribution >= 4 is 28.6 Å². The number of H-pyrrole nitrogens is 1. The molecule has 138 valence electrons. The Labute approximate surface area is 155 Å². The fourth-order valence-corrected chi connectivity index (χ4v) is 3.43. The molecule has 4 rings (SSSR count). The highest BCUT2D eigenvalue weighted by molar-refractivity contribution is 5.92. The minimum Gasteiger partial charge on any atom is -0.337 e. The van der Waals surface area contributed by atoms with Gasteiger partial charge in [-0.25, -0.2) is 9.97 Å². The van der Waals surface area contributed by atoms with Gasteiger partial charge in [0.05, 0.1) is 10.4 Å². The lowest BCUT2D eigenvalue weighted by Gasteiger charge is -2.20. The lowest BCUT2D eigenvalue weighted by atomic mass is 9.89. The zero-order valence-electron chi connectivity index (χ0n) is 14.6. The number of amides is 1. The van der Waals surface area contributed by atoms with Crippen LogP contribution in [0.25, 0.3) is 22.6 Å². The Balaban J connectivity index is 1.54. The maximum atomic E-state index is 12.4. The highest BCUT2D eigenvalue weighted by atomic mass is 16.6.